The molecular formula is C12H22B2O4. The molecule has 0 aliphatic heterocycles. The van der Waals surface area contributed by atoms with Gasteiger partial charge in [-0.1, -0.05) is 33.1 Å². The maximum absolute atomic E-state index is 11.5. The lowest BCUT2D eigenvalue weighted by Crippen LogP contribution is -2.43. The van der Waals surface area contributed by atoms with E-state index in [0.717, 1.165) is 37.8 Å². The number of carbonyl (C=O) groups is 2. The lowest BCUT2D eigenvalue weighted by atomic mass is 9.56. The molecule has 0 amide bonds. The Morgan fingerprint density at radius 3 is 2.39 bits per heavy atom. The molecule has 0 fully saturated rings. The van der Waals surface area contributed by atoms with Crippen molar-refractivity contribution >= 4 is 27.6 Å². The fourth-order valence-electron chi connectivity index (χ4n) is 2.01. The van der Waals surface area contributed by atoms with Gasteiger partial charge in [0.05, 0.1) is 0 Å². The first kappa shape index (κ1) is 16.8. The number of unbranched alkanes of at least 4 members (excludes halogenated alkanes) is 1. The molecule has 0 aromatic rings. The molecule has 0 spiro atoms. The number of hydrogen-bond donors (Lipinski definition) is 1. The molecule has 1 atom stereocenters. The third kappa shape index (κ3) is 6.52. The highest BCUT2D eigenvalue weighted by Gasteiger charge is 2.30. The summed E-state index contributed by atoms with van der Waals surface area (Å²) in [6.45, 7) is 4.20. The largest absolute Gasteiger partial charge is 0.478 e. The van der Waals surface area contributed by atoms with Gasteiger partial charge in [0.2, 0.25) is 0 Å². The second-order valence-electron chi connectivity index (χ2n) is 4.94. The smallest absolute Gasteiger partial charge is 0.330 e. The van der Waals surface area contributed by atoms with Crippen LogP contribution >= 0.6 is 0 Å². The summed E-state index contributed by atoms with van der Waals surface area (Å²) < 4.78 is 5.35. The quantitative estimate of drug-likeness (QED) is 0.383. The minimum Gasteiger partial charge on any atom is -0.478 e. The van der Waals surface area contributed by atoms with Crippen molar-refractivity contribution in [3.8, 4) is 0 Å². The Bertz CT molecular complexity index is 313. The highest BCUT2D eigenvalue weighted by molar-refractivity contribution is 6.40. The van der Waals surface area contributed by atoms with Crippen LogP contribution in [0.3, 0.4) is 0 Å². The molecule has 1 unspecified atom stereocenters. The van der Waals surface area contributed by atoms with Crippen molar-refractivity contribution in [2.45, 2.75) is 44.9 Å². The van der Waals surface area contributed by atoms with Gasteiger partial charge < -0.3 is 9.84 Å². The van der Waals surface area contributed by atoms with E-state index in [1.807, 2.05) is 15.7 Å². The van der Waals surface area contributed by atoms with Gasteiger partial charge in [0.25, 0.3) is 0 Å². The molecule has 0 heterocycles. The molecule has 0 rings (SSSR count). The first-order chi connectivity index (χ1) is 8.33. The zero-order chi connectivity index (χ0) is 14.2. The molecule has 0 aliphatic carbocycles. The third-order valence-corrected chi connectivity index (χ3v) is 3.11. The summed E-state index contributed by atoms with van der Waals surface area (Å²) in [4.78, 5) is 21.8. The molecule has 0 saturated heterocycles. The van der Waals surface area contributed by atoms with Gasteiger partial charge in [0, 0.05) is 17.6 Å². The van der Waals surface area contributed by atoms with Gasteiger partial charge in [-0.25, -0.2) is 9.59 Å². The molecule has 4 nitrogen and oxygen atoms in total. The predicted octanol–water partition coefficient (Wildman–Crippen LogP) is 0.307. The first-order valence-corrected chi connectivity index (χ1v) is 6.47. The second kappa shape index (κ2) is 8.01. The van der Waals surface area contributed by atoms with Crippen LogP contribution in [0.2, 0.25) is 0 Å². The van der Waals surface area contributed by atoms with Crippen molar-refractivity contribution < 1.29 is 19.4 Å². The van der Waals surface area contributed by atoms with Crippen molar-refractivity contribution in [1.29, 1.82) is 0 Å². The predicted molar refractivity (Wildman–Crippen MR) is 76.0 cm³/mol. The Labute approximate surface area is 111 Å². The number of carboxylic acids is 1. The maximum atomic E-state index is 11.5. The lowest BCUT2D eigenvalue weighted by molar-refractivity contribution is -0.144. The van der Waals surface area contributed by atoms with Crippen LogP contribution in [-0.4, -0.2) is 38.1 Å². The van der Waals surface area contributed by atoms with E-state index in [4.69, 9.17) is 9.84 Å². The van der Waals surface area contributed by atoms with Gasteiger partial charge in [0.1, 0.15) is 15.7 Å². The topological polar surface area (TPSA) is 63.6 Å². The standard InChI is InChI=1S/C12H22B2O4/c1-3-5-6-9(4-2)12(13,14)18-11(17)8-7-10(15)16/h7-9H,3-6,13-14H2,1-2H3,(H,15,16)/b8-7+. The number of aliphatic carboxylic acids is 1. The molecule has 0 bridgehead atoms. The Morgan fingerprint density at radius 1 is 1.33 bits per heavy atom. The summed E-state index contributed by atoms with van der Waals surface area (Å²) in [6, 6.07) is 0. The van der Waals surface area contributed by atoms with Gasteiger partial charge in [-0.2, -0.15) is 0 Å². The van der Waals surface area contributed by atoms with Crippen LogP contribution in [0.1, 0.15) is 39.5 Å². The average molecular weight is 252 g/mol. The van der Waals surface area contributed by atoms with E-state index in [9.17, 15) is 9.59 Å². The van der Waals surface area contributed by atoms with E-state index >= 15 is 0 Å². The summed E-state index contributed by atoms with van der Waals surface area (Å²) in [5.41, 5.74) is 0. The molecule has 0 aliphatic rings. The highest BCUT2D eigenvalue weighted by Crippen LogP contribution is 2.24. The Morgan fingerprint density at radius 2 is 1.94 bits per heavy atom. The molecule has 100 valence electrons. The number of rotatable bonds is 8. The summed E-state index contributed by atoms with van der Waals surface area (Å²) >= 11 is 0. The fraction of sp³-hybridized carbons (Fsp3) is 0.667. The van der Waals surface area contributed by atoms with Crippen molar-refractivity contribution in [2.75, 3.05) is 0 Å². The Hall–Kier alpha value is -1.19. The lowest BCUT2D eigenvalue weighted by Gasteiger charge is -2.34. The van der Waals surface area contributed by atoms with Gasteiger partial charge >= 0.3 is 11.9 Å². The van der Waals surface area contributed by atoms with E-state index in [1.165, 1.54) is 0 Å². The molecule has 0 radical (unpaired) electrons. The molecule has 6 heteroatoms. The van der Waals surface area contributed by atoms with Crippen LogP contribution in [0.15, 0.2) is 12.2 Å². The van der Waals surface area contributed by atoms with E-state index in [0.29, 0.717) is 5.92 Å². The van der Waals surface area contributed by atoms with Crippen LogP contribution in [0, 0.1) is 5.92 Å². The van der Waals surface area contributed by atoms with Gasteiger partial charge in [0.15, 0.2) is 0 Å². The van der Waals surface area contributed by atoms with Crippen LogP contribution in [0.5, 0.6) is 0 Å². The Balaban J connectivity index is 4.50. The monoisotopic (exact) mass is 252 g/mol. The molecule has 0 aromatic carbocycles. The molecular weight excluding hydrogens is 230 g/mol. The number of carboxylic acid groups (broad SMARTS) is 1. The van der Waals surface area contributed by atoms with Crippen molar-refractivity contribution in [3.63, 3.8) is 0 Å². The average Bonchev–Trinajstić information content (AvgIpc) is 2.26. The zero-order valence-corrected chi connectivity index (χ0v) is 11.7. The van der Waals surface area contributed by atoms with Crippen LogP contribution in [-0.2, 0) is 14.3 Å². The van der Waals surface area contributed by atoms with Crippen molar-refractivity contribution in [1.82, 2.24) is 0 Å². The van der Waals surface area contributed by atoms with Crippen molar-refractivity contribution in [2.24, 2.45) is 5.92 Å². The van der Waals surface area contributed by atoms with E-state index in [1.54, 1.807) is 0 Å². The highest BCUT2D eigenvalue weighted by atomic mass is 16.5. The summed E-state index contributed by atoms with van der Waals surface area (Å²) in [5, 5.41) is 7.87. The Kier molecular flexibility index (Phi) is 7.48. The SMILES string of the molecule is BC(B)(OC(=O)/C=C/C(=O)O)C(CC)CCCC. The minimum absolute atomic E-state index is 0.291. The maximum Gasteiger partial charge on any atom is 0.330 e. The van der Waals surface area contributed by atoms with Gasteiger partial charge in [-0.05, 0) is 12.3 Å². The van der Waals surface area contributed by atoms with Crippen LogP contribution < -0.4 is 0 Å². The summed E-state index contributed by atoms with van der Waals surface area (Å²) in [6.07, 6.45) is 5.91. The van der Waals surface area contributed by atoms with E-state index in [2.05, 4.69) is 13.8 Å². The number of carbonyl (C=O) groups excluding carboxylic acids is 1. The zero-order valence-electron chi connectivity index (χ0n) is 11.7. The fourth-order valence-corrected chi connectivity index (χ4v) is 2.01. The van der Waals surface area contributed by atoms with Gasteiger partial charge in [-0.15, -0.1) is 0 Å². The van der Waals surface area contributed by atoms with Crippen LogP contribution in [0.4, 0.5) is 0 Å². The molecule has 18 heavy (non-hydrogen) atoms. The van der Waals surface area contributed by atoms with Crippen molar-refractivity contribution in [3.05, 3.63) is 12.2 Å². The number of esters is 1. The van der Waals surface area contributed by atoms with Gasteiger partial charge in [-0.3, -0.25) is 0 Å². The number of ether oxygens (including phenoxy) is 1. The molecule has 0 saturated carbocycles. The van der Waals surface area contributed by atoms with E-state index < -0.39 is 17.3 Å². The minimum atomic E-state index is -1.15. The molecule has 1 N–H and O–H groups in total. The number of hydrogen-bond acceptors (Lipinski definition) is 3. The van der Waals surface area contributed by atoms with Crippen LogP contribution in [0.25, 0.3) is 0 Å². The normalized spacial score (nSPS) is 13.4. The third-order valence-electron chi connectivity index (χ3n) is 3.11. The van der Waals surface area contributed by atoms with E-state index in [-0.39, 0.29) is 0 Å². The summed E-state index contributed by atoms with van der Waals surface area (Å²) in [5.74, 6) is -1.46. The second-order valence-corrected chi connectivity index (χ2v) is 4.94. The summed E-state index contributed by atoms with van der Waals surface area (Å²) in [7, 11) is 3.76. The first-order valence-electron chi connectivity index (χ1n) is 6.47. The molecule has 0 aromatic heterocycles.